The minimum Gasteiger partial charge on any atom is -0.478 e. The average Bonchev–Trinajstić information content (AvgIpc) is 2.33. The third kappa shape index (κ3) is 2.25. The Bertz CT molecular complexity index is 584. The first kappa shape index (κ1) is 11.9. The Hall–Kier alpha value is -1.58. The topological polar surface area (TPSA) is 50.2 Å². The van der Waals surface area contributed by atoms with Gasteiger partial charge in [0.05, 0.1) is 15.6 Å². The fraction of sp³-hybridized carbons (Fsp3) is 0. The van der Waals surface area contributed by atoms with Crippen molar-refractivity contribution >= 4 is 29.2 Å². The summed E-state index contributed by atoms with van der Waals surface area (Å²) >= 11 is 12.0. The number of pyridine rings is 1. The highest BCUT2D eigenvalue weighted by Crippen LogP contribution is 2.34. The molecule has 2 rings (SSSR count). The van der Waals surface area contributed by atoms with Gasteiger partial charge in [-0.25, -0.2) is 4.79 Å². The number of hydrogen-bond acceptors (Lipinski definition) is 2. The first-order chi connectivity index (χ1) is 8.11. The number of rotatable bonds is 2. The van der Waals surface area contributed by atoms with Gasteiger partial charge >= 0.3 is 5.97 Å². The summed E-state index contributed by atoms with van der Waals surface area (Å²) in [4.78, 5) is 14.9. The lowest BCUT2D eigenvalue weighted by Gasteiger charge is -2.08. The van der Waals surface area contributed by atoms with E-state index in [2.05, 4.69) is 4.98 Å². The minimum atomic E-state index is -1.05. The predicted molar refractivity (Wildman–Crippen MR) is 66.7 cm³/mol. The van der Waals surface area contributed by atoms with Crippen molar-refractivity contribution in [3.05, 3.63) is 52.3 Å². The highest BCUT2D eigenvalue weighted by atomic mass is 35.5. The smallest absolute Gasteiger partial charge is 0.337 e. The molecule has 0 aliphatic heterocycles. The van der Waals surface area contributed by atoms with Gasteiger partial charge in [-0.3, -0.25) is 4.98 Å². The fourth-order valence-corrected chi connectivity index (χ4v) is 1.91. The zero-order chi connectivity index (χ0) is 12.4. The second kappa shape index (κ2) is 4.73. The maximum absolute atomic E-state index is 11.1. The summed E-state index contributed by atoms with van der Waals surface area (Å²) in [6, 6.07) is 6.68. The van der Waals surface area contributed by atoms with E-state index in [-0.39, 0.29) is 5.56 Å². The molecule has 17 heavy (non-hydrogen) atoms. The summed E-state index contributed by atoms with van der Waals surface area (Å²) in [7, 11) is 0. The third-order valence-corrected chi connectivity index (χ3v) is 3.11. The number of carboxylic acid groups (broad SMARTS) is 1. The minimum absolute atomic E-state index is 0.0941. The molecule has 0 radical (unpaired) electrons. The van der Waals surface area contributed by atoms with Crippen LogP contribution in [0.5, 0.6) is 0 Å². The van der Waals surface area contributed by atoms with Crippen molar-refractivity contribution in [2.24, 2.45) is 0 Å². The van der Waals surface area contributed by atoms with Crippen LogP contribution in [-0.2, 0) is 0 Å². The number of nitrogens with zero attached hydrogens (tertiary/aromatic N) is 1. The normalized spacial score (nSPS) is 10.2. The van der Waals surface area contributed by atoms with Gasteiger partial charge in [0.15, 0.2) is 0 Å². The summed E-state index contributed by atoms with van der Waals surface area (Å²) in [6.45, 7) is 0. The van der Waals surface area contributed by atoms with Crippen LogP contribution in [0.3, 0.4) is 0 Å². The Morgan fingerprint density at radius 1 is 1.18 bits per heavy atom. The van der Waals surface area contributed by atoms with Gasteiger partial charge < -0.3 is 5.11 Å². The van der Waals surface area contributed by atoms with Crippen molar-refractivity contribution in [2.75, 3.05) is 0 Å². The second-order valence-electron chi connectivity index (χ2n) is 3.33. The van der Waals surface area contributed by atoms with E-state index in [1.54, 1.807) is 24.3 Å². The molecule has 1 aromatic carbocycles. The summed E-state index contributed by atoms with van der Waals surface area (Å²) in [5, 5.41) is 9.79. The Morgan fingerprint density at radius 3 is 2.65 bits per heavy atom. The molecule has 3 nitrogen and oxygen atoms in total. The van der Waals surface area contributed by atoms with E-state index in [1.807, 2.05) is 0 Å². The molecule has 0 fully saturated rings. The van der Waals surface area contributed by atoms with Crippen LogP contribution in [0, 0.1) is 0 Å². The lowest BCUT2D eigenvalue weighted by atomic mass is 10.0. The second-order valence-corrected chi connectivity index (χ2v) is 4.11. The number of carbonyl (C=O) groups is 1. The summed E-state index contributed by atoms with van der Waals surface area (Å²) in [6.07, 6.45) is 2.80. The summed E-state index contributed by atoms with van der Waals surface area (Å²) in [5.74, 6) is -1.05. The van der Waals surface area contributed by atoms with E-state index >= 15 is 0 Å². The summed E-state index contributed by atoms with van der Waals surface area (Å²) in [5.41, 5.74) is 1.18. The monoisotopic (exact) mass is 267 g/mol. The lowest BCUT2D eigenvalue weighted by Crippen LogP contribution is -2.00. The SMILES string of the molecule is O=C(O)c1cnccc1-c1cccc(Cl)c1Cl. The molecular weight excluding hydrogens is 261 g/mol. The van der Waals surface area contributed by atoms with Gasteiger partial charge in [0.25, 0.3) is 0 Å². The van der Waals surface area contributed by atoms with Crippen molar-refractivity contribution in [1.29, 1.82) is 0 Å². The molecule has 1 aromatic heterocycles. The van der Waals surface area contributed by atoms with E-state index in [4.69, 9.17) is 28.3 Å². The van der Waals surface area contributed by atoms with E-state index in [0.717, 1.165) is 0 Å². The van der Waals surface area contributed by atoms with Gasteiger partial charge in [-0.1, -0.05) is 35.3 Å². The van der Waals surface area contributed by atoms with Crippen molar-refractivity contribution < 1.29 is 9.90 Å². The Balaban J connectivity index is 2.69. The van der Waals surface area contributed by atoms with Crippen LogP contribution < -0.4 is 0 Å². The first-order valence-electron chi connectivity index (χ1n) is 4.73. The van der Waals surface area contributed by atoms with Crippen LogP contribution in [0.2, 0.25) is 10.0 Å². The van der Waals surface area contributed by atoms with Gasteiger partial charge in [-0.15, -0.1) is 0 Å². The first-order valence-corrected chi connectivity index (χ1v) is 5.48. The lowest BCUT2D eigenvalue weighted by molar-refractivity contribution is 0.0697. The number of hydrogen-bond donors (Lipinski definition) is 1. The van der Waals surface area contributed by atoms with Crippen LogP contribution in [0.15, 0.2) is 36.7 Å². The third-order valence-electron chi connectivity index (χ3n) is 2.29. The van der Waals surface area contributed by atoms with Crippen LogP contribution in [0.4, 0.5) is 0 Å². The zero-order valence-corrected chi connectivity index (χ0v) is 10.0. The highest BCUT2D eigenvalue weighted by Gasteiger charge is 2.14. The molecule has 1 N–H and O–H groups in total. The molecule has 0 saturated carbocycles. The molecule has 0 spiro atoms. The molecule has 0 aliphatic carbocycles. The quantitative estimate of drug-likeness (QED) is 0.902. The standard InChI is InChI=1S/C12H7Cl2NO2/c13-10-3-1-2-8(11(10)14)7-4-5-15-6-9(7)12(16)17/h1-6H,(H,16,17). The Kier molecular flexibility index (Phi) is 3.31. The van der Waals surface area contributed by atoms with Crippen LogP contribution >= 0.6 is 23.2 Å². The number of carboxylic acids is 1. The number of halogens is 2. The molecule has 0 amide bonds. The van der Waals surface area contributed by atoms with Gasteiger partial charge in [0, 0.05) is 23.5 Å². The maximum atomic E-state index is 11.1. The predicted octanol–water partition coefficient (Wildman–Crippen LogP) is 3.75. The largest absolute Gasteiger partial charge is 0.478 e. The van der Waals surface area contributed by atoms with Gasteiger partial charge in [0.2, 0.25) is 0 Å². The molecule has 0 saturated heterocycles. The molecule has 2 aromatic rings. The molecule has 5 heteroatoms. The highest BCUT2D eigenvalue weighted by molar-refractivity contribution is 6.43. The number of benzene rings is 1. The van der Waals surface area contributed by atoms with Crippen molar-refractivity contribution in [3.63, 3.8) is 0 Å². The Labute approximate surface area is 108 Å². The van der Waals surface area contributed by atoms with Crippen LogP contribution in [0.25, 0.3) is 11.1 Å². The molecule has 0 unspecified atom stereocenters. The Morgan fingerprint density at radius 2 is 1.94 bits per heavy atom. The maximum Gasteiger partial charge on any atom is 0.337 e. The van der Waals surface area contributed by atoms with Crippen LogP contribution in [0.1, 0.15) is 10.4 Å². The van der Waals surface area contributed by atoms with Crippen molar-refractivity contribution in [2.45, 2.75) is 0 Å². The molecule has 1 heterocycles. The average molecular weight is 268 g/mol. The molecule has 86 valence electrons. The van der Waals surface area contributed by atoms with Gasteiger partial charge in [0.1, 0.15) is 0 Å². The summed E-state index contributed by atoms with van der Waals surface area (Å²) < 4.78 is 0. The molecule has 0 aliphatic rings. The molecule has 0 atom stereocenters. The van der Waals surface area contributed by atoms with Gasteiger partial charge in [-0.05, 0) is 12.1 Å². The van der Waals surface area contributed by atoms with E-state index < -0.39 is 5.97 Å². The van der Waals surface area contributed by atoms with Crippen LogP contribution in [-0.4, -0.2) is 16.1 Å². The molecule has 0 bridgehead atoms. The zero-order valence-electron chi connectivity index (χ0n) is 8.52. The van der Waals surface area contributed by atoms with E-state index in [0.29, 0.717) is 21.2 Å². The fourth-order valence-electron chi connectivity index (χ4n) is 1.51. The molecular formula is C12H7Cl2NO2. The number of aromatic nitrogens is 1. The van der Waals surface area contributed by atoms with Crippen molar-refractivity contribution in [1.82, 2.24) is 4.98 Å². The van der Waals surface area contributed by atoms with Crippen molar-refractivity contribution in [3.8, 4) is 11.1 Å². The van der Waals surface area contributed by atoms with E-state index in [1.165, 1.54) is 12.4 Å². The van der Waals surface area contributed by atoms with Gasteiger partial charge in [-0.2, -0.15) is 0 Å². The van der Waals surface area contributed by atoms with E-state index in [9.17, 15) is 4.79 Å². The number of aromatic carboxylic acids is 1.